The van der Waals surface area contributed by atoms with Crippen molar-refractivity contribution >= 4 is 5.78 Å². The highest BCUT2D eigenvalue weighted by atomic mass is 16.1. The minimum atomic E-state index is -0.139. The summed E-state index contributed by atoms with van der Waals surface area (Å²) in [6, 6.07) is 0. The maximum Gasteiger partial charge on any atom is 0.142 e. The number of carbonyl (C=O) groups excluding carboxylic acids is 1. The van der Waals surface area contributed by atoms with Crippen LogP contribution in [0.1, 0.15) is 39.5 Å². The monoisotopic (exact) mass is 164 g/mol. The van der Waals surface area contributed by atoms with E-state index in [1.807, 2.05) is 0 Å². The molecule has 1 saturated carbocycles. The number of rotatable bonds is 0. The third kappa shape index (κ3) is 0.954. The molecule has 0 heterocycles. The first-order valence-electron chi connectivity index (χ1n) is 4.86. The zero-order valence-corrected chi connectivity index (χ0v) is 7.89. The van der Waals surface area contributed by atoms with Gasteiger partial charge in [0.05, 0.1) is 0 Å². The quantitative estimate of drug-likeness (QED) is 0.503. The first-order valence-corrected chi connectivity index (χ1v) is 4.86. The van der Waals surface area contributed by atoms with Crippen molar-refractivity contribution in [2.45, 2.75) is 39.5 Å². The fourth-order valence-electron chi connectivity index (χ4n) is 2.61. The molecule has 1 heteroatoms. The molecule has 1 atom stereocenters. The van der Waals surface area contributed by atoms with Crippen LogP contribution in [0, 0.1) is 11.3 Å². The van der Waals surface area contributed by atoms with Gasteiger partial charge >= 0.3 is 0 Å². The third-order valence-corrected chi connectivity index (χ3v) is 3.46. The molecule has 2 aliphatic carbocycles. The van der Waals surface area contributed by atoms with Gasteiger partial charge in [0, 0.05) is 11.8 Å². The topological polar surface area (TPSA) is 17.1 Å². The van der Waals surface area contributed by atoms with E-state index in [1.165, 1.54) is 18.4 Å². The Labute approximate surface area is 73.8 Å². The number of hydrogen-bond acceptors (Lipinski definition) is 1. The Hall–Kier alpha value is -0.590. The summed E-state index contributed by atoms with van der Waals surface area (Å²) in [5, 5.41) is 0. The summed E-state index contributed by atoms with van der Waals surface area (Å²) in [5.74, 6) is 1.17. The summed E-state index contributed by atoms with van der Waals surface area (Å²) in [6.07, 6.45) is 6.67. The molecule has 0 amide bonds. The number of Topliss-reactive ketones (excluding diaryl/α,β-unsaturated/α-hetero) is 1. The minimum absolute atomic E-state index is 0.139. The maximum absolute atomic E-state index is 11.6. The number of fused-ring (bicyclic) bond motifs is 1. The highest BCUT2D eigenvalue weighted by molar-refractivity contribution is 5.88. The van der Waals surface area contributed by atoms with Crippen LogP contribution in [0.2, 0.25) is 0 Å². The van der Waals surface area contributed by atoms with Crippen LogP contribution in [0.3, 0.4) is 0 Å². The lowest BCUT2D eigenvalue weighted by Gasteiger charge is -2.34. The van der Waals surface area contributed by atoms with Gasteiger partial charge < -0.3 is 0 Å². The van der Waals surface area contributed by atoms with E-state index in [4.69, 9.17) is 0 Å². The van der Waals surface area contributed by atoms with Crippen molar-refractivity contribution in [2.75, 3.05) is 0 Å². The lowest BCUT2D eigenvalue weighted by atomic mass is 9.68. The smallest absolute Gasteiger partial charge is 0.142 e. The molecule has 12 heavy (non-hydrogen) atoms. The Morgan fingerprint density at radius 1 is 1.42 bits per heavy atom. The SMILES string of the molecule is CC1(C)C(=O)CC[C@@H]2CCC=C21. The van der Waals surface area contributed by atoms with Crippen LogP contribution in [-0.2, 0) is 4.79 Å². The molecule has 2 rings (SSSR count). The summed E-state index contributed by atoms with van der Waals surface area (Å²) < 4.78 is 0. The highest BCUT2D eigenvalue weighted by Gasteiger charge is 2.41. The average molecular weight is 164 g/mol. The van der Waals surface area contributed by atoms with E-state index in [0.29, 0.717) is 5.78 Å². The largest absolute Gasteiger partial charge is 0.299 e. The minimum Gasteiger partial charge on any atom is -0.299 e. The van der Waals surface area contributed by atoms with Crippen molar-refractivity contribution < 1.29 is 4.79 Å². The molecule has 2 aliphatic rings. The summed E-state index contributed by atoms with van der Waals surface area (Å²) in [4.78, 5) is 11.6. The lowest BCUT2D eigenvalue weighted by molar-refractivity contribution is -0.127. The zero-order chi connectivity index (χ0) is 8.77. The molecule has 0 N–H and O–H groups in total. The van der Waals surface area contributed by atoms with E-state index in [1.54, 1.807) is 0 Å². The van der Waals surface area contributed by atoms with Crippen LogP contribution < -0.4 is 0 Å². The van der Waals surface area contributed by atoms with Crippen molar-refractivity contribution in [1.82, 2.24) is 0 Å². The molecule has 1 fully saturated rings. The predicted octanol–water partition coefficient (Wildman–Crippen LogP) is 2.71. The van der Waals surface area contributed by atoms with Crippen LogP contribution in [0.15, 0.2) is 11.6 Å². The average Bonchev–Trinajstić information content (AvgIpc) is 2.46. The number of ketones is 1. The second kappa shape index (κ2) is 2.45. The number of carbonyl (C=O) groups is 1. The molecule has 0 aliphatic heterocycles. The normalized spacial score (nSPS) is 33.0. The van der Waals surface area contributed by atoms with E-state index in [-0.39, 0.29) is 5.41 Å². The predicted molar refractivity (Wildman–Crippen MR) is 48.8 cm³/mol. The van der Waals surface area contributed by atoms with Gasteiger partial charge in [-0.05, 0) is 39.0 Å². The molecular formula is C11H16O. The van der Waals surface area contributed by atoms with Crippen LogP contribution in [0.4, 0.5) is 0 Å². The van der Waals surface area contributed by atoms with Crippen molar-refractivity contribution in [2.24, 2.45) is 11.3 Å². The Balaban J connectivity index is 2.34. The molecule has 0 aromatic heterocycles. The van der Waals surface area contributed by atoms with E-state index in [2.05, 4.69) is 19.9 Å². The molecule has 66 valence electrons. The Morgan fingerprint density at radius 2 is 2.17 bits per heavy atom. The summed E-state index contributed by atoms with van der Waals surface area (Å²) in [5.41, 5.74) is 1.29. The van der Waals surface area contributed by atoms with Gasteiger partial charge in [0.25, 0.3) is 0 Å². The van der Waals surface area contributed by atoms with Crippen LogP contribution in [0.25, 0.3) is 0 Å². The molecule has 1 nitrogen and oxygen atoms in total. The Bertz CT molecular complexity index is 248. The summed E-state index contributed by atoms with van der Waals surface area (Å²) >= 11 is 0. The van der Waals surface area contributed by atoms with Gasteiger partial charge in [0.2, 0.25) is 0 Å². The van der Waals surface area contributed by atoms with E-state index < -0.39 is 0 Å². The van der Waals surface area contributed by atoms with Crippen molar-refractivity contribution in [3.8, 4) is 0 Å². The van der Waals surface area contributed by atoms with Gasteiger partial charge in [0.1, 0.15) is 5.78 Å². The van der Waals surface area contributed by atoms with Gasteiger partial charge in [-0.2, -0.15) is 0 Å². The lowest BCUT2D eigenvalue weighted by Crippen LogP contribution is -2.33. The van der Waals surface area contributed by atoms with Crippen molar-refractivity contribution in [3.05, 3.63) is 11.6 Å². The highest BCUT2D eigenvalue weighted by Crippen LogP contribution is 2.46. The molecule has 0 aromatic rings. The molecule has 0 unspecified atom stereocenters. The van der Waals surface area contributed by atoms with E-state index in [9.17, 15) is 4.79 Å². The molecule has 0 spiro atoms. The van der Waals surface area contributed by atoms with Gasteiger partial charge in [-0.3, -0.25) is 4.79 Å². The molecule has 0 saturated heterocycles. The first kappa shape index (κ1) is 8.03. The van der Waals surface area contributed by atoms with Gasteiger partial charge in [-0.25, -0.2) is 0 Å². The summed E-state index contributed by atoms with van der Waals surface area (Å²) in [7, 11) is 0. The van der Waals surface area contributed by atoms with E-state index in [0.717, 1.165) is 18.8 Å². The summed E-state index contributed by atoms with van der Waals surface area (Å²) in [6.45, 7) is 4.16. The second-order valence-electron chi connectivity index (χ2n) is 4.52. The number of allylic oxidation sites excluding steroid dienone is 2. The maximum atomic E-state index is 11.6. The van der Waals surface area contributed by atoms with E-state index >= 15 is 0 Å². The fraction of sp³-hybridized carbons (Fsp3) is 0.727. The van der Waals surface area contributed by atoms with Crippen LogP contribution >= 0.6 is 0 Å². The standard InChI is InChI=1S/C11H16O/c1-11(2)9-5-3-4-8(9)6-7-10(11)12/h5,8H,3-4,6-7H2,1-2H3/t8-/m0/s1. The third-order valence-electron chi connectivity index (χ3n) is 3.46. The van der Waals surface area contributed by atoms with Crippen molar-refractivity contribution in [3.63, 3.8) is 0 Å². The Kier molecular flexibility index (Phi) is 1.64. The van der Waals surface area contributed by atoms with Gasteiger partial charge in [-0.1, -0.05) is 11.6 Å². The van der Waals surface area contributed by atoms with Gasteiger partial charge in [-0.15, -0.1) is 0 Å². The Morgan fingerprint density at radius 3 is 2.92 bits per heavy atom. The first-order chi connectivity index (χ1) is 5.62. The molecular weight excluding hydrogens is 148 g/mol. The van der Waals surface area contributed by atoms with Crippen LogP contribution in [0.5, 0.6) is 0 Å². The molecule has 0 radical (unpaired) electrons. The number of hydrogen-bond donors (Lipinski definition) is 0. The van der Waals surface area contributed by atoms with Crippen molar-refractivity contribution in [1.29, 1.82) is 0 Å². The molecule has 0 bridgehead atoms. The van der Waals surface area contributed by atoms with Crippen LogP contribution in [-0.4, -0.2) is 5.78 Å². The second-order valence-corrected chi connectivity index (χ2v) is 4.52. The molecule has 0 aromatic carbocycles. The van der Waals surface area contributed by atoms with Gasteiger partial charge in [0.15, 0.2) is 0 Å². The fourth-order valence-corrected chi connectivity index (χ4v) is 2.61. The zero-order valence-electron chi connectivity index (χ0n) is 7.89.